The van der Waals surface area contributed by atoms with Crippen LogP contribution in [0.1, 0.15) is 28.5 Å². The molecule has 0 aliphatic heterocycles. The summed E-state index contributed by atoms with van der Waals surface area (Å²) in [5, 5.41) is 5.32. The van der Waals surface area contributed by atoms with Crippen molar-refractivity contribution in [3.63, 3.8) is 0 Å². The molecule has 0 spiro atoms. The van der Waals surface area contributed by atoms with Crippen LogP contribution < -0.4 is 10.6 Å². The number of aromatic nitrogens is 1. The van der Waals surface area contributed by atoms with Crippen LogP contribution in [0.25, 0.3) is 11.1 Å². The predicted molar refractivity (Wildman–Crippen MR) is 95.5 cm³/mol. The minimum absolute atomic E-state index is 0.0520. The molecule has 0 atom stereocenters. The first-order valence-corrected chi connectivity index (χ1v) is 8.26. The Morgan fingerprint density at radius 2 is 1.96 bits per heavy atom. The van der Waals surface area contributed by atoms with Crippen molar-refractivity contribution in [3.8, 4) is 0 Å². The average molecular weight is 339 g/mol. The standard InChI is InChI=1S/C19H21N3O3/c1-3-20-18(23)11-21-19(24)16-10-17-15(8-9-25-17)22(16)12-14-7-5-4-6-13(14)2/h4-10H,3,11-12H2,1-2H3,(H,20,23)(H,21,24). The van der Waals surface area contributed by atoms with Gasteiger partial charge in [-0.05, 0) is 25.0 Å². The van der Waals surface area contributed by atoms with Gasteiger partial charge in [-0.2, -0.15) is 0 Å². The van der Waals surface area contributed by atoms with E-state index >= 15 is 0 Å². The molecule has 3 aromatic rings. The highest BCUT2D eigenvalue weighted by atomic mass is 16.3. The summed E-state index contributed by atoms with van der Waals surface area (Å²) in [7, 11) is 0. The molecule has 0 aliphatic rings. The van der Waals surface area contributed by atoms with Crippen molar-refractivity contribution in [3.05, 3.63) is 59.5 Å². The Hall–Kier alpha value is -3.02. The lowest BCUT2D eigenvalue weighted by Crippen LogP contribution is -2.37. The first-order chi connectivity index (χ1) is 12.1. The number of hydrogen-bond acceptors (Lipinski definition) is 3. The molecule has 1 aromatic carbocycles. The van der Waals surface area contributed by atoms with Crippen LogP contribution in [0.3, 0.4) is 0 Å². The fourth-order valence-electron chi connectivity index (χ4n) is 2.80. The van der Waals surface area contributed by atoms with Gasteiger partial charge in [-0.25, -0.2) is 0 Å². The number of likely N-dealkylation sites (N-methyl/N-ethyl adjacent to an activating group) is 1. The monoisotopic (exact) mass is 339 g/mol. The predicted octanol–water partition coefficient (Wildman–Crippen LogP) is 2.46. The summed E-state index contributed by atoms with van der Waals surface area (Å²) in [6.07, 6.45) is 1.61. The van der Waals surface area contributed by atoms with Gasteiger partial charge in [0, 0.05) is 25.2 Å². The molecule has 0 fully saturated rings. The zero-order valence-corrected chi connectivity index (χ0v) is 14.3. The molecule has 25 heavy (non-hydrogen) atoms. The number of hydrogen-bond donors (Lipinski definition) is 2. The molecule has 2 N–H and O–H groups in total. The lowest BCUT2D eigenvalue weighted by atomic mass is 10.1. The molecule has 0 bridgehead atoms. The first kappa shape index (κ1) is 16.8. The van der Waals surface area contributed by atoms with Crippen LogP contribution in [0.15, 0.2) is 47.1 Å². The number of carbonyl (C=O) groups is 2. The van der Waals surface area contributed by atoms with E-state index in [9.17, 15) is 9.59 Å². The molecule has 6 heteroatoms. The summed E-state index contributed by atoms with van der Waals surface area (Å²) in [5.74, 6) is -0.511. The molecule has 3 rings (SSSR count). The van der Waals surface area contributed by atoms with Crippen LogP contribution in [0, 0.1) is 6.92 Å². The zero-order chi connectivity index (χ0) is 17.8. The van der Waals surface area contributed by atoms with E-state index in [1.807, 2.05) is 48.7 Å². The fourth-order valence-corrected chi connectivity index (χ4v) is 2.80. The molecule has 6 nitrogen and oxygen atoms in total. The maximum absolute atomic E-state index is 12.6. The van der Waals surface area contributed by atoms with Gasteiger partial charge in [0.15, 0.2) is 5.58 Å². The van der Waals surface area contributed by atoms with Gasteiger partial charge in [0.25, 0.3) is 5.91 Å². The van der Waals surface area contributed by atoms with E-state index in [1.165, 1.54) is 0 Å². The molecule has 0 aliphatic carbocycles. The zero-order valence-electron chi connectivity index (χ0n) is 14.3. The summed E-state index contributed by atoms with van der Waals surface area (Å²) >= 11 is 0. The van der Waals surface area contributed by atoms with Crippen LogP contribution in [-0.4, -0.2) is 29.5 Å². The molecule has 0 radical (unpaired) electrons. The second-order valence-electron chi connectivity index (χ2n) is 5.85. The van der Waals surface area contributed by atoms with Crippen molar-refractivity contribution < 1.29 is 14.0 Å². The van der Waals surface area contributed by atoms with Crippen LogP contribution in [0.5, 0.6) is 0 Å². The molecule has 0 unspecified atom stereocenters. The molecular formula is C19H21N3O3. The maximum atomic E-state index is 12.6. The summed E-state index contributed by atoms with van der Waals surface area (Å²) in [5.41, 5.74) is 4.26. The lowest BCUT2D eigenvalue weighted by molar-refractivity contribution is -0.120. The molecule has 0 saturated carbocycles. The van der Waals surface area contributed by atoms with Gasteiger partial charge in [0.05, 0.1) is 18.3 Å². The van der Waals surface area contributed by atoms with Crippen LogP contribution >= 0.6 is 0 Å². The topological polar surface area (TPSA) is 76.3 Å². The number of nitrogens with one attached hydrogen (secondary N) is 2. The van der Waals surface area contributed by atoms with E-state index in [2.05, 4.69) is 10.6 Å². The third-order valence-corrected chi connectivity index (χ3v) is 4.13. The largest absolute Gasteiger partial charge is 0.463 e. The van der Waals surface area contributed by atoms with E-state index in [-0.39, 0.29) is 18.4 Å². The number of furan rings is 1. The Balaban J connectivity index is 1.88. The molecule has 0 saturated heterocycles. The fraction of sp³-hybridized carbons (Fsp3) is 0.263. The number of carbonyl (C=O) groups excluding carboxylic acids is 2. The number of nitrogens with zero attached hydrogens (tertiary/aromatic N) is 1. The van der Waals surface area contributed by atoms with E-state index in [0.717, 1.165) is 16.6 Å². The van der Waals surface area contributed by atoms with Gasteiger partial charge < -0.3 is 19.6 Å². The van der Waals surface area contributed by atoms with Crippen molar-refractivity contribution >= 4 is 22.9 Å². The molecular weight excluding hydrogens is 318 g/mol. The number of benzene rings is 1. The van der Waals surface area contributed by atoms with Crippen molar-refractivity contribution in [2.75, 3.05) is 13.1 Å². The molecule has 130 valence electrons. The Bertz CT molecular complexity index is 908. The van der Waals surface area contributed by atoms with Gasteiger partial charge in [-0.15, -0.1) is 0 Å². The minimum Gasteiger partial charge on any atom is -0.463 e. The second-order valence-corrected chi connectivity index (χ2v) is 5.85. The minimum atomic E-state index is -0.300. The summed E-state index contributed by atoms with van der Waals surface area (Å²) in [4.78, 5) is 24.1. The first-order valence-electron chi connectivity index (χ1n) is 8.26. The second kappa shape index (κ2) is 7.25. The van der Waals surface area contributed by atoms with E-state index in [1.54, 1.807) is 12.3 Å². The van der Waals surface area contributed by atoms with Crippen LogP contribution in [0.4, 0.5) is 0 Å². The van der Waals surface area contributed by atoms with Gasteiger partial charge in [-0.1, -0.05) is 24.3 Å². The van der Waals surface area contributed by atoms with Gasteiger partial charge >= 0.3 is 0 Å². The normalized spacial score (nSPS) is 10.8. The van der Waals surface area contributed by atoms with Gasteiger partial charge in [0.2, 0.25) is 5.91 Å². The highest BCUT2D eigenvalue weighted by molar-refractivity contribution is 5.99. The van der Waals surface area contributed by atoms with Crippen molar-refractivity contribution in [2.24, 2.45) is 0 Å². The van der Waals surface area contributed by atoms with Crippen molar-refractivity contribution in [1.29, 1.82) is 0 Å². The highest BCUT2D eigenvalue weighted by Crippen LogP contribution is 2.23. The summed E-state index contributed by atoms with van der Waals surface area (Å²) in [6, 6.07) is 11.6. The average Bonchev–Trinajstić information content (AvgIpc) is 3.17. The maximum Gasteiger partial charge on any atom is 0.268 e. The van der Waals surface area contributed by atoms with Crippen molar-refractivity contribution in [1.82, 2.24) is 15.2 Å². The Morgan fingerprint density at radius 3 is 2.72 bits per heavy atom. The molecule has 2 aromatic heterocycles. The Kier molecular flexibility index (Phi) is 4.88. The summed E-state index contributed by atoms with van der Waals surface area (Å²) in [6.45, 7) is 4.91. The third-order valence-electron chi connectivity index (χ3n) is 4.13. The molecule has 2 heterocycles. The van der Waals surface area contributed by atoms with Gasteiger partial charge in [-0.3, -0.25) is 9.59 Å². The number of fused-ring (bicyclic) bond motifs is 1. The van der Waals surface area contributed by atoms with E-state index in [4.69, 9.17) is 4.42 Å². The van der Waals surface area contributed by atoms with E-state index < -0.39 is 0 Å². The van der Waals surface area contributed by atoms with Crippen LogP contribution in [0.2, 0.25) is 0 Å². The number of aryl methyl sites for hydroxylation is 1. The number of rotatable bonds is 6. The van der Waals surface area contributed by atoms with Crippen molar-refractivity contribution in [2.45, 2.75) is 20.4 Å². The smallest absolute Gasteiger partial charge is 0.268 e. The van der Waals surface area contributed by atoms with Gasteiger partial charge in [0.1, 0.15) is 5.69 Å². The Morgan fingerprint density at radius 1 is 1.16 bits per heavy atom. The van der Waals surface area contributed by atoms with Crippen LogP contribution in [-0.2, 0) is 11.3 Å². The number of amides is 2. The summed E-state index contributed by atoms with van der Waals surface area (Å²) < 4.78 is 7.35. The SMILES string of the molecule is CCNC(=O)CNC(=O)c1cc2occc2n1Cc1ccccc1C. The van der Waals surface area contributed by atoms with E-state index in [0.29, 0.717) is 24.4 Å². The highest BCUT2D eigenvalue weighted by Gasteiger charge is 2.18. The third kappa shape index (κ3) is 3.57. The lowest BCUT2D eigenvalue weighted by Gasteiger charge is -2.12. The quantitative estimate of drug-likeness (QED) is 0.724. The Labute approximate surface area is 145 Å². The molecule has 2 amide bonds.